The van der Waals surface area contributed by atoms with Gasteiger partial charge in [0.15, 0.2) is 0 Å². The van der Waals surface area contributed by atoms with Crippen molar-refractivity contribution in [3.63, 3.8) is 0 Å². The minimum Gasteiger partial charge on any atom is -0.397 e. The maximum atomic E-state index is 12.1. The first-order valence-electron chi connectivity index (χ1n) is 5.46. The van der Waals surface area contributed by atoms with Crippen molar-refractivity contribution in [2.45, 2.75) is 6.92 Å². The monoisotopic (exact) mass is 383 g/mol. The van der Waals surface area contributed by atoms with E-state index in [4.69, 9.17) is 5.73 Å². The van der Waals surface area contributed by atoms with Crippen LogP contribution in [-0.4, -0.2) is 10.9 Å². The second kappa shape index (κ2) is 5.71. The van der Waals surface area contributed by atoms with Crippen LogP contribution in [0.5, 0.6) is 0 Å². The van der Waals surface area contributed by atoms with Gasteiger partial charge in [0, 0.05) is 10.0 Å². The Morgan fingerprint density at radius 3 is 2.63 bits per heavy atom. The van der Waals surface area contributed by atoms with Gasteiger partial charge in [-0.2, -0.15) is 0 Å². The number of anilines is 2. The lowest BCUT2D eigenvalue weighted by Gasteiger charge is -2.08. The van der Waals surface area contributed by atoms with Gasteiger partial charge in [-0.15, -0.1) is 0 Å². The Balaban J connectivity index is 2.23. The minimum absolute atomic E-state index is 0.214. The summed E-state index contributed by atoms with van der Waals surface area (Å²) in [7, 11) is 0. The third-order valence-corrected chi connectivity index (χ3v) is 4.01. The first kappa shape index (κ1) is 14.0. The van der Waals surface area contributed by atoms with Gasteiger partial charge in [0.1, 0.15) is 5.82 Å². The number of hydrogen-bond donors (Lipinski definition) is 2. The molecule has 3 N–H and O–H groups in total. The molecule has 0 fully saturated rings. The van der Waals surface area contributed by atoms with Crippen molar-refractivity contribution in [3.8, 4) is 0 Å². The molecule has 1 aromatic carbocycles. The number of carbonyl (C=O) groups excluding carboxylic acids is 1. The van der Waals surface area contributed by atoms with Crippen LogP contribution in [0.2, 0.25) is 0 Å². The van der Waals surface area contributed by atoms with Gasteiger partial charge in [-0.1, -0.05) is 15.9 Å². The number of aromatic nitrogens is 1. The molecule has 2 aromatic rings. The summed E-state index contributed by atoms with van der Waals surface area (Å²) in [5.74, 6) is 0.230. The highest BCUT2D eigenvalue weighted by Gasteiger charge is 2.10. The molecule has 1 amide bonds. The SMILES string of the molecule is Cc1cc(C(=O)Nc2ncc(N)cc2Br)ccc1Br. The lowest BCUT2D eigenvalue weighted by molar-refractivity contribution is 0.102. The molecule has 98 valence electrons. The molecule has 0 spiro atoms. The molecule has 2 rings (SSSR count). The predicted octanol–water partition coefficient (Wildman–Crippen LogP) is 3.75. The molecule has 1 heterocycles. The highest BCUT2D eigenvalue weighted by Crippen LogP contribution is 2.23. The van der Waals surface area contributed by atoms with Gasteiger partial charge >= 0.3 is 0 Å². The van der Waals surface area contributed by atoms with E-state index in [1.807, 2.05) is 19.1 Å². The summed E-state index contributed by atoms with van der Waals surface area (Å²) in [5, 5.41) is 2.73. The fraction of sp³-hybridized carbons (Fsp3) is 0.0769. The van der Waals surface area contributed by atoms with E-state index in [2.05, 4.69) is 42.2 Å². The molecule has 0 saturated carbocycles. The predicted molar refractivity (Wildman–Crippen MR) is 83.2 cm³/mol. The molecule has 0 aliphatic heterocycles. The molecule has 4 nitrogen and oxygen atoms in total. The minimum atomic E-state index is -0.214. The van der Waals surface area contributed by atoms with E-state index in [1.165, 1.54) is 6.20 Å². The maximum Gasteiger partial charge on any atom is 0.256 e. The summed E-state index contributed by atoms with van der Waals surface area (Å²) in [5.41, 5.74) is 7.70. The number of pyridine rings is 1. The molecule has 6 heteroatoms. The number of hydrogen-bond acceptors (Lipinski definition) is 3. The molecule has 0 aliphatic carbocycles. The van der Waals surface area contributed by atoms with Crippen LogP contribution in [0.3, 0.4) is 0 Å². The highest BCUT2D eigenvalue weighted by molar-refractivity contribution is 9.10. The number of rotatable bonds is 2. The van der Waals surface area contributed by atoms with Gasteiger partial charge in [-0.3, -0.25) is 4.79 Å². The Bertz CT molecular complexity index is 644. The van der Waals surface area contributed by atoms with Crippen LogP contribution in [0, 0.1) is 6.92 Å². The van der Waals surface area contributed by atoms with E-state index in [-0.39, 0.29) is 5.91 Å². The fourth-order valence-corrected chi connectivity index (χ4v) is 2.22. The van der Waals surface area contributed by atoms with Gasteiger partial charge in [0.05, 0.1) is 16.4 Å². The summed E-state index contributed by atoms with van der Waals surface area (Å²) < 4.78 is 1.62. The number of aryl methyl sites for hydroxylation is 1. The van der Waals surface area contributed by atoms with Crippen LogP contribution in [0.4, 0.5) is 11.5 Å². The van der Waals surface area contributed by atoms with Crippen LogP contribution < -0.4 is 11.1 Å². The summed E-state index contributed by atoms with van der Waals surface area (Å²) in [6, 6.07) is 7.09. The summed E-state index contributed by atoms with van der Waals surface area (Å²) in [6.07, 6.45) is 1.49. The fourth-order valence-electron chi connectivity index (χ4n) is 1.51. The average molecular weight is 385 g/mol. The molecule has 0 atom stereocenters. The summed E-state index contributed by atoms with van der Waals surface area (Å²) >= 11 is 6.71. The van der Waals surface area contributed by atoms with E-state index in [0.29, 0.717) is 21.5 Å². The number of nitrogens with one attached hydrogen (secondary N) is 1. The Labute approximate surface area is 127 Å². The first-order chi connectivity index (χ1) is 8.97. The molecule has 0 bridgehead atoms. The van der Waals surface area contributed by atoms with E-state index >= 15 is 0 Å². The van der Waals surface area contributed by atoms with Crippen molar-refractivity contribution in [2.24, 2.45) is 0 Å². The van der Waals surface area contributed by atoms with Crippen LogP contribution in [0.1, 0.15) is 15.9 Å². The average Bonchev–Trinajstić information content (AvgIpc) is 2.36. The topological polar surface area (TPSA) is 68.0 Å². The number of nitrogen functional groups attached to an aromatic ring is 1. The third-order valence-electron chi connectivity index (χ3n) is 2.51. The molecular weight excluding hydrogens is 374 g/mol. The van der Waals surface area contributed by atoms with Crippen molar-refractivity contribution >= 4 is 49.3 Å². The standard InChI is InChI=1S/C13H11Br2N3O/c1-7-4-8(2-3-10(7)14)13(19)18-12-11(15)5-9(16)6-17-12/h2-6H,16H2,1H3,(H,17,18,19). The molecule has 1 aromatic heterocycles. The summed E-state index contributed by atoms with van der Waals surface area (Å²) in [6.45, 7) is 1.93. The molecular formula is C13H11Br2N3O. The van der Waals surface area contributed by atoms with E-state index in [9.17, 15) is 4.79 Å². The Hall–Kier alpha value is -1.40. The Kier molecular flexibility index (Phi) is 4.21. The highest BCUT2D eigenvalue weighted by atomic mass is 79.9. The van der Waals surface area contributed by atoms with Crippen LogP contribution in [-0.2, 0) is 0 Å². The first-order valence-corrected chi connectivity index (χ1v) is 7.04. The van der Waals surface area contributed by atoms with Crippen molar-refractivity contribution in [3.05, 3.63) is 50.5 Å². The van der Waals surface area contributed by atoms with Crippen LogP contribution in [0.25, 0.3) is 0 Å². The lowest BCUT2D eigenvalue weighted by atomic mass is 10.1. The van der Waals surface area contributed by atoms with Crippen LogP contribution >= 0.6 is 31.9 Å². The number of benzene rings is 1. The Morgan fingerprint density at radius 1 is 1.26 bits per heavy atom. The molecule has 0 radical (unpaired) electrons. The Morgan fingerprint density at radius 2 is 2.00 bits per heavy atom. The molecule has 0 saturated heterocycles. The van der Waals surface area contributed by atoms with Gasteiger partial charge < -0.3 is 11.1 Å². The van der Waals surface area contributed by atoms with Gasteiger partial charge in [-0.05, 0) is 52.7 Å². The van der Waals surface area contributed by atoms with Crippen molar-refractivity contribution in [1.29, 1.82) is 0 Å². The molecule has 0 aliphatic rings. The zero-order valence-electron chi connectivity index (χ0n) is 10.1. The van der Waals surface area contributed by atoms with E-state index in [1.54, 1.807) is 12.1 Å². The van der Waals surface area contributed by atoms with Gasteiger partial charge in [0.2, 0.25) is 0 Å². The normalized spacial score (nSPS) is 10.3. The largest absolute Gasteiger partial charge is 0.397 e. The number of nitrogens with two attached hydrogens (primary N) is 1. The zero-order valence-corrected chi connectivity index (χ0v) is 13.2. The van der Waals surface area contributed by atoms with E-state index in [0.717, 1.165) is 10.0 Å². The second-order valence-electron chi connectivity index (χ2n) is 4.02. The van der Waals surface area contributed by atoms with Crippen molar-refractivity contribution < 1.29 is 4.79 Å². The number of halogens is 2. The van der Waals surface area contributed by atoms with Crippen molar-refractivity contribution in [2.75, 3.05) is 11.1 Å². The van der Waals surface area contributed by atoms with E-state index < -0.39 is 0 Å². The second-order valence-corrected chi connectivity index (χ2v) is 5.73. The molecule has 0 unspecified atom stereocenters. The quantitative estimate of drug-likeness (QED) is 0.828. The maximum absolute atomic E-state index is 12.1. The van der Waals surface area contributed by atoms with Gasteiger partial charge in [-0.25, -0.2) is 4.98 Å². The number of amides is 1. The summed E-state index contributed by atoms with van der Waals surface area (Å²) in [4.78, 5) is 16.2. The van der Waals surface area contributed by atoms with Crippen LogP contribution in [0.15, 0.2) is 39.4 Å². The zero-order chi connectivity index (χ0) is 14.0. The smallest absolute Gasteiger partial charge is 0.256 e. The third kappa shape index (κ3) is 3.33. The number of nitrogens with zero attached hydrogens (tertiary/aromatic N) is 1. The van der Waals surface area contributed by atoms with Gasteiger partial charge in [0.25, 0.3) is 5.91 Å². The van der Waals surface area contributed by atoms with Crippen molar-refractivity contribution in [1.82, 2.24) is 4.98 Å². The lowest BCUT2D eigenvalue weighted by Crippen LogP contribution is -2.13. The molecule has 19 heavy (non-hydrogen) atoms. The number of carbonyl (C=O) groups is 1.